The van der Waals surface area contributed by atoms with Gasteiger partial charge in [0.1, 0.15) is 11.1 Å². The van der Waals surface area contributed by atoms with Gasteiger partial charge in [0, 0.05) is 33.8 Å². The summed E-state index contributed by atoms with van der Waals surface area (Å²) in [5.74, 6) is 0.459. The fraction of sp³-hybridized carbons (Fsp3) is 0.333. The summed E-state index contributed by atoms with van der Waals surface area (Å²) >= 11 is 8.80. The lowest BCUT2D eigenvalue weighted by Crippen LogP contribution is -2.12. The molecule has 4 rings (SSSR count). The molecule has 0 fully saturated rings. The van der Waals surface area contributed by atoms with Gasteiger partial charge in [0.15, 0.2) is 5.13 Å². The number of fused-ring (bicyclic) bond motifs is 1. The van der Waals surface area contributed by atoms with E-state index in [9.17, 15) is 10.1 Å². The smallest absolute Gasteiger partial charge is 0.226 e. The van der Waals surface area contributed by atoms with Crippen molar-refractivity contribution in [3.05, 3.63) is 57.6 Å². The number of anilines is 1. The SMILES string of the molecule is N#Cc1cc2c(nc1SCCC(=O)Nc1nc(-c3ccc(Cl)cc3)cs1)CCCCCC2. The highest BCUT2D eigenvalue weighted by Gasteiger charge is 2.15. The molecule has 32 heavy (non-hydrogen) atoms. The third kappa shape index (κ3) is 5.89. The van der Waals surface area contributed by atoms with Crippen LogP contribution < -0.4 is 5.32 Å². The predicted octanol–water partition coefficient (Wildman–Crippen LogP) is 6.51. The summed E-state index contributed by atoms with van der Waals surface area (Å²) in [5.41, 5.74) is 4.70. The van der Waals surface area contributed by atoms with Gasteiger partial charge < -0.3 is 5.32 Å². The van der Waals surface area contributed by atoms with E-state index in [0.717, 1.165) is 47.7 Å². The number of hydrogen-bond acceptors (Lipinski definition) is 6. The van der Waals surface area contributed by atoms with E-state index in [1.54, 1.807) is 0 Å². The number of carbonyl (C=O) groups is 1. The van der Waals surface area contributed by atoms with Crippen LogP contribution in [0.15, 0.2) is 40.7 Å². The van der Waals surface area contributed by atoms with Crippen LogP contribution in [0.4, 0.5) is 5.13 Å². The molecule has 0 spiro atoms. The van der Waals surface area contributed by atoms with E-state index >= 15 is 0 Å². The number of pyridine rings is 1. The van der Waals surface area contributed by atoms with Gasteiger partial charge in [-0.3, -0.25) is 4.79 Å². The van der Waals surface area contributed by atoms with Crippen molar-refractivity contribution in [1.82, 2.24) is 9.97 Å². The minimum Gasteiger partial charge on any atom is -0.302 e. The van der Waals surface area contributed by atoms with Gasteiger partial charge in [0.2, 0.25) is 5.91 Å². The van der Waals surface area contributed by atoms with Crippen molar-refractivity contribution in [3.63, 3.8) is 0 Å². The lowest BCUT2D eigenvalue weighted by atomic mass is 9.96. The minimum atomic E-state index is -0.0979. The Morgan fingerprint density at radius 2 is 1.94 bits per heavy atom. The Labute approximate surface area is 201 Å². The second kappa shape index (κ2) is 11.0. The Morgan fingerprint density at radius 3 is 2.72 bits per heavy atom. The Morgan fingerprint density at radius 1 is 1.16 bits per heavy atom. The van der Waals surface area contributed by atoms with Crippen molar-refractivity contribution in [1.29, 1.82) is 5.26 Å². The van der Waals surface area contributed by atoms with Gasteiger partial charge in [-0.05, 0) is 49.4 Å². The normalized spacial score (nSPS) is 13.5. The van der Waals surface area contributed by atoms with Crippen LogP contribution in [-0.4, -0.2) is 21.6 Å². The average molecular weight is 483 g/mol. The van der Waals surface area contributed by atoms with Crippen molar-refractivity contribution in [3.8, 4) is 17.3 Å². The van der Waals surface area contributed by atoms with Crippen LogP contribution in [0.1, 0.15) is 48.9 Å². The third-order valence-electron chi connectivity index (χ3n) is 5.34. The van der Waals surface area contributed by atoms with Crippen molar-refractivity contribution >= 4 is 45.7 Å². The number of benzene rings is 1. The molecule has 0 atom stereocenters. The summed E-state index contributed by atoms with van der Waals surface area (Å²) in [6.07, 6.45) is 7.07. The standard InChI is InChI=1S/C24H23ClN4OS2/c25-19-9-7-16(8-10-19)21-15-32-24(28-21)29-22(30)11-12-31-23-18(14-26)13-17-5-3-1-2-4-6-20(17)27-23/h7-10,13,15H,1-6,11-12H2,(H,28,29,30). The molecule has 0 saturated heterocycles. The first-order valence-corrected chi connectivity index (χ1v) is 12.9. The van der Waals surface area contributed by atoms with E-state index in [0.29, 0.717) is 27.9 Å². The highest BCUT2D eigenvalue weighted by Crippen LogP contribution is 2.28. The topological polar surface area (TPSA) is 78.7 Å². The number of halogens is 1. The highest BCUT2D eigenvalue weighted by atomic mass is 35.5. The summed E-state index contributed by atoms with van der Waals surface area (Å²) in [6.45, 7) is 0. The monoisotopic (exact) mass is 482 g/mol. The molecule has 8 heteroatoms. The Bertz CT molecular complexity index is 1140. The minimum absolute atomic E-state index is 0.0979. The number of nitrogens with one attached hydrogen (secondary N) is 1. The van der Waals surface area contributed by atoms with E-state index in [1.807, 2.05) is 35.7 Å². The summed E-state index contributed by atoms with van der Waals surface area (Å²) in [4.78, 5) is 21.7. The fourth-order valence-electron chi connectivity index (χ4n) is 3.66. The van der Waals surface area contributed by atoms with E-state index in [-0.39, 0.29) is 5.91 Å². The summed E-state index contributed by atoms with van der Waals surface area (Å²) in [6, 6.07) is 11.7. The van der Waals surface area contributed by atoms with E-state index in [2.05, 4.69) is 16.4 Å². The van der Waals surface area contributed by atoms with Crippen molar-refractivity contribution in [2.24, 2.45) is 0 Å². The maximum Gasteiger partial charge on any atom is 0.226 e. The lowest BCUT2D eigenvalue weighted by molar-refractivity contribution is -0.115. The number of thiazole rings is 1. The quantitative estimate of drug-likeness (QED) is 0.405. The fourth-order valence-corrected chi connectivity index (χ4v) is 5.44. The molecule has 0 unspecified atom stereocenters. The second-order valence-electron chi connectivity index (χ2n) is 7.66. The molecule has 0 saturated carbocycles. The maximum absolute atomic E-state index is 12.4. The zero-order valence-electron chi connectivity index (χ0n) is 17.6. The number of rotatable bonds is 6. The second-order valence-corrected chi connectivity index (χ2v) is 10.0. The number of hydrogen-bond donors (Lipinski definition) is 1. The number of carbonyl (C=O) groups excluding carboxylic acids is 1. The molecular weight excluding hydrogens is 460 g/mol. The zero-order valence-corrected chi connectivity index (χ0v) is 20.0. The van der Waals surface area contributed by atoms with E-state index in [4.69, 9.17) is 16.6 Å². The molecule has 3 aromatic rings. The molecule has 1 amide bonds. The van der Waals surface area contributed by atoms with Crippen molar-refractivity contribution in [2.75, 3.05) is 11.1 Å². The molecule has 1 aliphatic carbocycles. The summed E-state index contributed by atoms with van der Waals surface area (Å²) < 4.78 is 0. The molecule has 0 aliphatic heterocycles. The molecule has 164 valence electrons. The predicted molar refractivity (Wildman–Crippen MR) is 131 cm³/mol. The summed E-state index contributed by atoms with van der Waals surface area (Å²) in [7, 11) is 0. The summed E-state index contributed by atoms with van der Waals surface area (Å²) in [5, 5.41) is 16.3. The molecule has 1 N–H and O–H groups in total. The first-order chi connectivity index (χ1) is 15.6. The van der Waals surface area contributed by atoms with Crippen LogP contribution in [0.2, 0.25) is 5.02 Å². The van der Waals surface area contributed by atoms with Crippen LogP contribution >= 0.6 is 34.7 Å². The molecule has 5 nitrogen and oxygen atoms in total. The first-order valence-electron chi connectivity index (χ1n) is 10.7. The Hall–Kier alpha value is -2.40. The third-order valence-corrected chi connectivity index (χ3v) is 7.35. The molecule has 1 aliphatic rings. The molecule has 2 heterocycles. The van der Waals surface area contributed by atoms with Crippen LogP contribution in [0.25, 0.3) is 11.3 Å². The number of aryl methyl sites for hydroxylation is 2. The first kappa shape index (κ1) is 22.8. The van der Waals surface area contributed by atoms with Crippen molar-refractivity contribution < 1.29 is 4.79 Å². The van der Waals surface area contributed by atoms with Gasteiger partial charge in [-0.25, -0.2) is 9.97 Å². The number of thioether (sulfide) groups is 1. The van der Waals surface area contributed by atoms with Gasteiger partial charge in [-0.1, -0.05) is 36.6 Å². The molecule has 1 aromatic carbocycles. The van der Waals surface area contributed by atoms with Crippen LogP contribution in [0.3, 0.4) is 0 Å². The zero-order chi connectivity index (χ0) is 22.3. The van der Waals surface area contributed by atoms with Gasteiger partial charge >= 0.3 is 0 Å². The number of aromatic nitrogens is 2. The van der Waals surface area contributed by atoms with Crippen LogP contribution in [0, 0.1) is 11.3 Å². The average Bonchev–Trinajstić information content (AvgIpc) is 3.23. The maximum atomic E-state index is 12.4. The van der Waals surface area contributed by atoms with Crippen LogP contribution in [-0.2, 0) is 17.6 Å². The largest absolute Gasteiger partial charge is 0.302 e. The van der Waals surface area contributed by atoms with E-state index in [1.165, 1.54) is 41.5 Å². The molecule has 0 radical (unpaired) electrons. The molecule has 0 bridgehead atoms. The van der Waals surface area contributed by atoms with Crippen molar-refractivity contribution in [2.45, 2.75) is 50.0 Å². The lowest BCUT2D eigenvalue weighted by Gasteiger charge is -2.15. The number of amides is 1. The van der Waals surface area contributed by atoms with Crippen LogP contribution in [0.5, 0.6) is 0 Å². The molecular formula is C24H23ClN4OS2. The van der Waals surface area contributed by atoms with Gasteiger partial charge in [0.25, 0.3) is 0 Å². The Balaban J connectivity index is 1.33. The number of nitriles is 1. The molecule has 2 aromatic heterocycles. The number of nitrogens with zero attached hydrogens (tertiary/aromatic N) is 3. The highest BCUT2D eigenvalue weighted by molar-refractivity contribution is 7.99. The van der Waals surface area contributed by atoms with Gasteiger partial charge in [-0.2, -0.15) is 5.26 Å². The van der Waals surface area contributed by atoms with E-state index < -0.39 is 0 Å². The van der Waals surface area contributed by atoms with Gasteiger partial charge in [0.05, 0.1) is 11.3 Å². The Kier molecular flexibility index (Phi) is 7.80. The van der Waals surface area contributed by atoms with Gasteiger partial charge in [-0.15, -0.1) is 23.1 Å².